The van der Waals surface area contributed by atoms with Crippen molar-refractivity contribution in [1.29, 1.82) is 0 Å². The summed E-state index contributed by atoms with van der Waals surface area (Å²) in [5.41, 5.74) is 1.86. The fraction of sp³-hybridized carbons (Fsp3) is 0.222. The maximum Gasteiger partial charge on any atom is 0.342 e. The van der Waals surface area contributed by atoms with Crippen molar-refractivity contribution in [2.75, 3.05) is 13.2 Å². The zero-order chi connectivity index (χ0) is 17.5. The van der Waals surface area contributed by atoms with Crippen molar-refractivity contribution in [3.63, 3.8) is 0 Å². The highest BCUT2D eigenvalue weighted by molar-refractivity contribution is 6.30. The summed E-state index contributed by atoms with van der Waals surface area (Å²) >= 11 is 5.89. The van der Waals surface area contributed by atoms with Crippen LogP contribution in [0.4, 0.5) is 0 Å². The van der Waals surface area contributed by atoms with Gasteiger partial charge in [-0.15, -0.1) is 0 Å². The summed E-state index contributed by atoms with van der Waals surface area (Å²) in [6, 6.07) is 12.0. The molecular formula is C18H18ClNO4. The molecule has 24 heavy (non-hydrogen) atoms. The number of hydrogen-bond acceptors (Lipinski definition) is 4. The second-order valence-electron chi connectivity index (χ2n) is 5.33. The third-order valence-electron chi connectivity index (χ3n) is 3.33. The van der Waals surface area contributed by atoms with E-state index in [4.69, 9.17) is 16.3 Å². The van der Waals surface area contributed by atoms with Gasteiger partial charge in [0.15, 0.2) is 6.61 Å². The molecule has 2 aromatic carbocycles. The Morgan fingerprint density at radius 2 is 2.00 bits per heavy atom. The number of rotatable bonds is 6. The van der Waals surface area contributed by atoms with Crippen molar-refractivity contribution in [2.45, 2.75) is 13.3 Å². The Bertz CT molecular complexity index is 746. The maximum absolute atomic E-state index is 11.9. The maximum atomic E-state index is 11.9. The molecule has 0 aliphatic rings. The minimum Gasteiger partial charge on any atom is -0.507 e. The number of nitrogens with one attached hydrogen (secondary N) is 1. The van der Waals surface area contributed by atoms with Crippen LogP contribution in [0.2, 0.25) is 5.02 Å². The molecule has 0 fully saturated rings. The molecule has 6 heteroatoms. The SMILES string of the molecule is Cc1ccc(O)c(C(=O)OCC(=O)NCCc2cccc(Cl)c2)c1. The van der Waals surface area contributed by atoms with Gasteiger partial charge in [0.2, 0.25) is 0 Å². The Labute approximate surface area is 145 Å². The Morgan fingerprint density at radius 1 is 1.21 bits per heavy atom. The van der Waals surface area contributed by atoms with Gasteiger partial charge < -0.3 is 15.2 Å². The van der Waals surface area contributed by atoms with E-state index in [1.165, 1.54) is 12.1 Å². The monoisotopic (exact) mass is 347 g/mol. The Balaban J connectivity index is 1.76. The van der Waals surface area contributed by atoms with Gasteiger partial charge in [-0.05, 0) is 43.2 Å². The number of halogens is 1. The smallest absolute Gasteiger partial charge is 0.342 e. The van der Waals surface area contributed by atoms with Crippen LogP contribution >= 0.6 is 11.6 Å². The van der Waals surface area contributed by atoms with Gasteiger partial charge in [0.25, 0.3) is 5.91 Å². The predicted octanol–water partition coefficient (Wildman–Crippen LogP) is 2.87. The molecule has 0 atom stereocenters. The third kappa shape index (κ3) is 5.28. The van der Waals surface area contributed by atoms with Crippen molar-refractivity contribution < 1.29 is 19.4 Å². The van der Waals surface area contributed by atoms with Gasteiger partial charge in [-0.25, -0.2) is 4.79 Å². The highest BCUT2D eigenvalue weighted by Gasteiger charge is 2.14. The molecule has 0 heterocycles. The number of esters is 1. The van der Waals surface area contributed by atoms with E-state index in [-0.39, 0.29) is 11.3 Å². The summed E-state index contributed by atoms with van der Waals surface area (Å²) in [6.07, 6.45) is 0.624. The molecule has 5 nitrogen and oxygen atoms in total. The van der Waals surface area contributed by atoms with Gasteiger partial charge in [-0.3, -0.25) is 4.79 Å². The Kier molecular flexibility index (Phi) is 6.21. The van der Waals surface area contributed by atoms with E-state index in [9.17, 15) is 14.7 Å². The van der Waals surface area contributed by atoms with Crippen LogP contribution in [0.3, 0.4) is 0 Å². The number of benzene rings is 2. The van der Waals surface area contributed by atoms with E-state index in [0.29, 0.717) is 18.0 Å². The van der Waals surface area contributed by atoms with Crippen molar-refractivity contribution in [1.82, 2.24) is 5.32 Å². The van der Waals surface area contributed by atoms with Crippen LogP contribution in [0.15, 0.2) is 42.5 Å². The molecule has 2 aromatic rings. The molecule has 0 aromatic heterocycles. The van der Waals surface area contributed by atoms with Crippen molar-refractivity contribution in [3.8, 4) is 5.75 Å². The van der Waals surface area contributed by atoms with Gasteiger partial charge in [-0.1, -0.05) is 35.4 Å². The molecule has 1 amide bonds. The molecule has 0 saturated heterocycles. The number of carbonyl (C=O) groups excluding carboxylic acids is 2. The first-order valence-corrected chi connectivity index (χ1v) is 7.81. The topological polar surface area (TPSA) is 75.6 Å². The number of aryl methyl sites for hydroxylation is 1. The van der Waals surface area contributed by atoms with Gasteiger partial charge >= 0.3 is 5.97 Å². The zero-order valence-electron chi connectivity index (χ0n) is 13.2. The summed E-state index contributed by atoms with van der Waals surface area (Å²) in [4.78, 5) is 23.6. The van der Waals surface area contributed by atoms with Gasteiger partial charge in [-0.2, -0.15) is 0 Å². The summed E-state index contributed by atoms with van der Waals surface area (Å²) in [5, 5.41) is 13.0. The van der Waals surface area contributed by atoms with Crippen molar-refractivity contribution >= 4 is 23.5 Å². The van der Waals surface area contributed by atoms with E-state index in [0.717, 1.165) is 11.1 Å². The zero-order valence-corrected chi connectivity index (χ0v) is 14.0. The number of carbonyl (C=O) groups is 2. The molecule has 0 saturated carbocycles. The van der Waals surface area contributed by atoms with Crippen LogP contribution in [-0.2, 0) is 16.0 Å². The molecule has 0 aliphatic heterocycles. The molecule has 126 valence electrons. The molecule has 2 N–H and O–H groups in total. The fourth-order valence-electron chi connectivity index (χ4n) is 2.11. The minimum atomic E-state index is -0.735. The number of hydrogen-bond donors (Lipinski definition) is 2. The van der Waals surface area contributed by atoms with Crippen LogP contribution in [0.5, 0.6) is 5.75 Å². The van der Waals surface area contributed by atoms with Crippen molar-refractivity contribution in [3.05, 3.63) is 64.2 Å². The normalized spacial score (nSPS) is 10.2. The lowest BCUT2D eigenvalue weighted by molar-refractivity contribution is -0.124. The lowest BCUT2D eigenvalue weighted by Gasteiger charge is -2.08. The fourth-order valence-corrected chi connectivity index (χ4v) is 2.32. The largest absolute Gasteiger partial charge is 0.507 e. The highest BCUT2D eigenvalue weighted by atomic mass is 35.5. The minimum absolute atomic E-state index is 0.0433. The van der Waals surface area contributed by atoms with Gasteiger partial charge in [0.1, 0.15) is 11.3 Å². The average molecular weight is 348 g/mol. The first-order valence-electron chi connectivity index (χ1n) is 7.43. The molecule has 0 unspecified atom stereocenters. The van der Waals surface area contributed by atoms with Gasteiger partial charge in [0, 0.05) is 11.6 Å². The summed E-state index contributed by atoms with van der Waals surface area (Å²) in [5.74, 6) is -1.31. The number of ether oxygens (including phenoxy) is 1. The molecule has 0 spiro atoms. The molecule has 0 bridgehead atoms. The van der Waals surface area contributed by atoms with Crippen LogP contribution in [0, 0.1) is 6.92 Å². The molecule has 0 radical (unpaired) electrons. The molecular weight excluding hydrogens is 330 g/mol. The van der Waals surface area contributed by atoms with Crippen LogP contribution in [0.1, 0.15) is 21.5 Å². The number of aromatic hydroxyl groups is 1. The number of phenolic OH excluding ortho intramolecular Hbond substituents is 1. The quantitative estimate of drug-likeness (QED) is 0.788. The average Bonchev–Trinajstić information content (AvgIpc) is 2.55. The second-order valence-corrected chi connectivity index (χ2v) is 5.76. The van der Waals surface area contributed by atoms with E-state index in [1.54, 1.807) is 19.1 Å². The first-order chi connectivity index (χ1) is 11.5. The lowest BCUT2D eigenvalue weighted by atomic mass is 10.1. The first kappa shape index (κ1) is 17.8. The van der Waals surface area contributed by atoms with E-state index in [1.807, 2.05) is 18.2 Å². The van der Waals surface area contributed by atoms with Crippen LogP contribution < -0.4 is 5.32 Å². The van der Waals surface area contributed by atoms with E-state index in [2.05, 4.69) is 5.32 Å². The van der Waals surface area contributed by atoms with Crippen LogP contribution in [0.25, 0.3) is 0 Å². The molecule has 0 aliphatic carbocycles. The standard InChI is InChI=1S/C18H18ClNO4/c1-12-5-6-16(21)15(9-12)18(23)24-11-17(22)20-8-7-13-3-2-4-14(19)10-13/h2-6,9-10,21H,7-8,11H2,1H3,(H,20,22). The Morgan fingerprint density at radius 3 is 2.75 bits per heavy atom. The van der Waals surface area contributed by atoms with E-state index >= 15 is 0 Å². The summed E-state index contributed by atoms with van der Waals surface area (Å²) < 4.78 is 4.92. The predicted molar refractivity (Wildman–Crippen MR) is 91.3 cm³/mol. The highest BCUT2D eigenvalue weighted by Crippen LogP contribution is 2.19. The second kappa shape index (κ2) is 8.36. The summed E-state index contributed by atoms with van der Waals surface area (Å²) in [6.45, 7) is 1.80. The number of phenols is 1. The number of amides is 1. The molecule has 2 rings (SSSR count). The Hall–Kier alpha value is -2.53. The lowest BCUT2D eigenvalue weighted by Crippen LogP contribution is -2.30. The van der Waals surface area contributed by atoms with Crippen LogP contribution in [-0.4, -0.2) is 30.1 Å². The van der Waals surface area contributed by atoms with Crippen molar-refractivity contribution in [2.24, 2.45) is 0 Å². The third-order valence-corrected chi connectivity index (χ3v) is 3.57. The van der Waals surface area contributed by atoms with E-state index < -0.39 is 18.5 Å². The summed E-state index contributed by atoms with van der Waals surface area (Å²) in [7, 11) is 0. The van der Waals surface area contributed by atoms with Gasteiger partial charge in [0.05, 0.1) is 0 Å².